The first-order valence-corrected chi connectivity index (χ1v) is 9.27. The molecule has 134 valence electrons. The Morgan fingerprint density at radius 1 is 1.17 bits per heavy atom. The van der Waals surface area contributed by atoms with Gasteiger partial charge in [0.25, 0.3) is 0 Å². The molecule has 0 fully saturated rings. The molecule has 1 aromatic rings. The van der Waals surface area contributed by atoms with Crippen LogP contribution >= 0.6 is 0 Å². The van der Waals surface area contributed by atoms with Gasteiger partial charge in [-0.15, -0.1) is 0 Å². The first-order chi connectivity index (χ1) is 11.2. The van der Waals surface area contributed by atoms with E-state index in [1.54, 1.807) is 0 Å². The Morgan fingerprint density at radius 2 is 1.79 bits per heavy atom. The second-order valence-corrected chi connectivity index (χ2v) is 8.04. The van der Waals surface area contributed by atoms with Gasteiger partial charge >= 0.3 is 5.97 Å². The molecule has 1 amide bonds. The van der Waals surface area contributed by atoms with Gasteiger partial charge in [-0.25, -0.2) is 12.7 Å². The van der Waals surface area contributed by atoms with Crippen LogP contribution in [0.15, 0.2) is 30.3 Å². The van der Waals surface area contributed by atoms with Gasteiger partial charge in [-0.3, -0.25) is 9.59 Å². The number of benzene rings is 1. The molecule has 8 heteroatoms. The Labute approximate surface area is 142 Å². The number of carboxylic acid groups (broad SMARTS) is 1. The highest BCUT2D eigenvalue weighted by atomic mass is 32.2. The molecule has 0 aromatic heterocycles. The number of carbonyl (C=O) groups excluding carboxylic acids is 1. The van der Waals surface area contributed by atoms with Crippen molar-refractivity contribution in [1.82, 2.24) is 9.62 Å². The smallest absolute Gasteiger partial charge is 0.303 e. The van der Waals surface area contributed by atoms with E-state index in [2.05, 4.69) is 5.32 Å². The summed E-state index contributed by atoms with van der Waals surface area (Å²) in [5, 5.41) is 11.6. The molecule has 0 spiro atoms. The normalized spacial score (nSPS) is 12.8. The highest BCUT2D eigenvalue weighted by Crippen LogP contribution is 2.08. The Bertz CT molecular complexity index is 644. The molecule has 0 saturated carbocycles. The van der Waals surface area contributed by atoms with E-state index in [4.69, 9.17) is 5.11 Å². The van der Waals surface area contributed by atoms with E-state index in [9.17, 15) is 18.0 Å². The Kier molecular flexibility index (Phi) is 7.87. The number of aliphatic carboxylic acids is 1. The van der Waals surface area contributed by atoms with Gasteiger partial charge in [0, 0.05) is 33.0 Å². The van der Waals surface area contributed by atoms with E-state index < -0.39 is 21.9 Å². The summed E-state index contributed by atoms with van der Waals surface area (Å²) >= 11 is 0. The summed E-state index contributed by atoms with van der Waals surface area (Å²) in [5.41, 5.74) is 0.981. The monoisotopic (exact) mass is 356 g/mol. The van der Waals surface area contributed by atoms with E-state index in [0.29, 0.717) is 6.42 Å². The van der Waals surface area contributed by atoms with Crippen molar-refractivity contribution in [3.05, 3.63) is 35.9 Å². The van der Waals surface area contributed by atoms with Gasteiger partial charge < -0.3 is 10.4 Å². The minimum Gasteiger partial charge on any atom is -0.481 e. The van der Waals surface area contributed by atoms with Crippen LogP contribution < -0.4 is 5.32 Å². The van der Waals surface area contributed by atoms with Crippen LogP contribution in [0.25, 0.3) is 0 Å². The molecule has 1 rings (SSSR count). The number of nitrogens with zero attached hydrogens (tertiary/aromatic N) is 1. The van der Waals surface area contributed by atoms with Gasteiger partial charge in [-0.2, -0.15) is 0 Å². The van der Waals surface area contributed by atoms with E-state index in [1.807, 2.05) is 30.3 Å². The van der Waals surface area contributed by atoms with Gasteiger partial charge in [0.05, 0.1) is 5.75 Å². The standard InChI is InChI=1S/C16H24N2O5S/c1-18(2)24(22,23)11-10-15(19)17-14(8-9-16(20)21)12-13-6-4-3-5-7-13/h3-7,14H,8-12H2,1-2H3,(H,17,19)(H,20,21). The Balaban J connectivity index is 2.63. The number of carbonyl (C=O) groups is 2. The number of amides is 1. The van der Waals surface area contributed by atoms with Crippen molar-refractivity contribution in [1.29, 1.82) is 0 Å². The topological polar surface area (TPSA) is 104 Å². The van der Waals surface area contributed by atoms with Crippen molar-refractivity contribution in [3.63, 3.8) is 0 Å². The Hall–Kier alpha value is -1.93. The number of rotatable bonds is 10. The number of sulfonamides is 1. The van der Waals surface area contributed by atoms with Crippen molar-refractivity contribution in [3.8, 4) is 0 Å². The zero-order valence-electron chi connectivity index (χ0n) is 13.9. The van der Waals surface area contributed by atoms with Gasteiger partial charge in [-0.05, 0) is 18.4 Å². The quantitative estimate of drug-likeness (QED) is 0.647. The molecule has 0 heterocycles. The van der Waals surface area contributed by atoms with Crippen LogP contribution in [0.3, 0.4) is 0 Å². The summed E-state index contributed by atoms with van der Waals surface area (Å²) < 4.78 is 24.5. The molecular weight excluding hydrogens is 332 g/mol. The molecule has 0 saturated heterocycles. The molecule has 1 atom stereocenters. The highest BCUT2D eigenvalue weighted by molar-refractivity contribution is 7.89. The van der Waals surface area contributed by atoms with Crippen LogP contribution in [0.4, 0.5) is 0 Å². The average Bonchev–Trinajstić information content (AvgIpc) is 2.51. The molecule has 1 aromatic carbocycles. The lowest BCUT2D eigenvalue weighted by molar-refractivity contribution is -0.137. The average molecular weight is 356 g/mol. The summed E-state index contributed by atoms with van der Waals surface area (Å²) in [4.78, 5) is 22.8. The van der Waals surface area contributed by atoms with Crippen LogP contribution in [-0.4, -0.2) is 55.6 Å². The number of carboxylic acids is 1. The predicted octanol–water partition coefficient (Wildman–Crippen LogP) is 0.860. The van der Waals surface area contributed by atoms with Crippen molar-refractivity contribution in [2.24, 2.45) is 0 Å². The number of nitrogens with one attached hydrogen (secondary N) is 1. The maximum absolute atomic E-state index is 12.0. The molecule has 24 heavy (non-hydrogen) atoms. The maximum atomic E-state index is 12.0. The van der Waals surface area contributed by atoms with E-state index >= 15 is 0 Å². The molecule has 0 aliphatic heterocycles. The van der Waals surface area contributed by atoms with Gasteiger partial charge in [-0.1, -0.05) is 30.3 Å². The third-order valence-electron chi connectivity index (χ3n) is 3.54. The minimum atomic E-state index is -3.44. The van der Waals surface area contributed by atoms with Crippen molar-refractivity contribution >= 4 is 21.9 Å². The third kappa shape index (κ3) is 7.56. The Morgan fingerprint density at radius 3 is 2.33 bits per heavy atom. The highest BCUT2D eigenvalue weighted by Gasteiger charge is 2.19. The summed E-state index contributed by atoms with van der Waals surface area (Å²) in [6.07, 6.45) is 0.573. The fourth-order valence-electron chi connectivity index (χ4n) is 2.13. The molecule has 0 aliphatic rings. The fraction of sp³-hybridized carbons (Fsp3) is 0.500. The summed E-state index contributed by atoms with van der Waals surface area (Å²) in [5.74, 6) is -1.60. The number of hydrogen-bond donors (Lipinski definition) is 2. The first-order valence-electron chi connectivity index (χ1n) is 7.66. The summed E-state index contributed by atoms with van der Waals surface area (Å²) in [6, 6.07) is 9.07. The van der Waals surface area contributed by atoms with E-state index in [-0.39, 0.29) is 31.1 Å². The van der Waals surface area contributed by atoms with Gasteiger partial charge in [0.2, 0.25) is 15.9 Å². The van der Waals surface area contributed by atoms with Crippen molar-refractivity contribution in [2.75, 3.05) is 19.8 Å². The molecule has 2 N–H and O–H groups in total. The molecule has 1 unspecified atom stereocenters. The maximum Gasteiger partial charge on any atom is 0.303 e. The SMILES string of the molecule is CN(C)S(=O)(=O)CCC(=O)NC(CCC(=O)O)Cc1ccccc1. The lowest BCUT2D eigenvalue weighted by Gasteiger charge is -2.19. The van der Waals surface area contributed by atoms with Crippen LogP contribution in [0.1, 0.15) is 24.8 Å². The van der Waals surface area contributed by atoms with Crippen LogP contribution in [0.5, 0.6) is 0 Å². The molecule has 0 bridgehead atoms. The second-order valence-electron chi connectivity index (χ2n) is 5.73. The molecular formula is C16H24N2O5S. The molecule has 0 aliphatic carbocycles. The summed E-state index contributed by atoms with van der Waals surface area (Å²) in [6.45, 7) is 0. The molecule has 0 radical (unpaired) electrons. The van der Waals surface area contributed by atoms with Crippen LogP contribution in [0, 0.1) is 0 Å². The molecule has 7 nitrogen and oxygen atoms in total. The number of hydrogen-bond acceptors (Lipinski definition) is 4. The first kappa shape index (κ1) is 20.1. The van der Waals surface area contributed by atoms with Gasteiger partial charge in [0.1, 0.15) is 0 Å². The van der Waals surface area contributed by atoms with Gasteiger partial charge in [0.15, 0.2) is 0 Å². The van der Waals surface area contributed by atoms with E-state index in [1.165, 1.54) is 14.1 Å². The third-order valence-corrected chi connectivity index (χ3v) is 5.37. The second kappa shape index (κ2) is 9.39. The fourth-order valence-corrected chi connectivity index (χ4v) is 2.93. The summed E-state index contributed by atoms with van der Waals surface area (Å²) in [7, 11) is -0.605. The van der Waals surface area contributed by atoms with Crippen LogP contribution in [0.2, 0.25) is 0 Å². The largest absolute Gasteiger partial charge is 0.481 e. The predicted molar refractivity (Wildman–Crippen MR) is 91.0 cm³/mol. The zero-order valence-corrected chi connectivity index (χ0v) is 14.8. The van der Waals surface area contributed by atoms with Crippen LogP contribution in [-0.2, 0) is 26.0 Å². The minimum absolute atomic E-state index is 0.0617. The lowest BCUT2D eigenvalue weighted by Crippen LogP contribution is -2.38. The lowest BCUT2D eigenvalue weighted by atomic mass is 10.0. The zero-order chi connectivity index (χ0) is 18.2. The van der Waals surface area contributed by atoms with Crippen molar-refractivity contribution in [2.45, 2.75) is 31.7 Å². The van der Waals surface area contributed by atoms with E-state index in [0.717, 1.165) is 9.87 Å². The van der Waals surface area contributed by atoms with Crippen molar-refractivity contribution < 1.29 is 23.1 Å².